The lowest BCUT2D eigenvalue weighted by atomic mass is 10.0. The van der Waals surface area contributed by atoms with E-state index in [0.717, 1.165) is 12.3 Å². The number of alkyl halides is 6. The highest BCUT2D eigenvalue weighted by atomic mass is 19.4. The van der Waals surface area contributed by atoms with Gasteiger partial charge in [-0.3, -0.25) is 0 Å². The Kier molecular flexibility index (Phi) is 5.73. The summed E-state index contributed by atoms with van der Waals surface area (Å²) in [6.07, 6.45) is -4.28. The van der Waals surface area contributed by atoms with E-state index in [1.54, 1.807) is 0 Å². The summed E-state index contributed by atoms with van der Waals surface area (Å²) >= 11 is 0. The van der Waals surface area contributed by atoms with E-state index in [-0.39, 0.29) is 22.9 Å². The van der Waals surface area contributed by atoms with Crippen LogP contribution in [0.15, 0.2) is 49.2 Å². The van der Waals surface area contributed by atoms with Crippen molar-refractivity contribution in [3.05, 3.63) is 71.6 Å². The van der Waals surface area contributed by atoms with Crippen molar-refractivity contribution in [1.82, 2.24) is 19.9 Å². The molecule has 1 N–H and O–H groups in total. The maximum atomic E-state index is 13.1. The molecule has 0 bridgehead atoms. The van der Waals surface area contributed by atoms with Crippen LogP contribution in [0.5, 0.6) is 0 Å². The van der Waals surface area contributed by atoms with Gasteiger partial charge < -0.3 is 5.11 Å². The Bertz CT molecular complexity index is 1110. The molecule has 3 aromatic rings. The van der Waals surface area contributed by atoms with E-state index in [1.807, 2.05) is 0 Å². The zero-order valence-electron chi connectivity index (χ0n) is 15.1. The summed E-state index contributed by atoms with van der Waals surface area (Å²) in [5.41, 5.74) is -3.79. The molecule has 31 heavy (non-hydrogen) atoms. The topological polar surface area (TPSA) is 88.9 Å². The highest BCUT2D eigenvalue weighted by molar-refractivity contribution is 6.20. The standard InChI is InChI=1S/C19H10F6N4O2/c20-18(21,22)12-3-10(4-13(5-12)19(23,24)25)16-28-2-1-14(29-16)6-15(17(30)31)11-7-26-9-27-8-11/h1-9H,(H,30,31). The van der Waals surface area contributed by atoms with Crippen LogP contribution >= 0.6 is 0 Å². The third-order valence-corrected chi connectivity index (χ3v) is 3.92. The molecule has 0 spiro atoms. The Morgan fingerprint density at radius 2 is 1.52 bits per heavy atom. The highest BCUT2D eigenvalue weighted by Crippen LogP contribution is 2.38. The van der Waals surface area contributed by atoms with Gasteiger partial charge in [0.05, 0.1) is 22.4 Å². The molecule has 0 unspecified atom stereocenters. The predicted octanol–water partition coefficient (Wildman–Crippen LogP) is 4.60. The average Bonchev–Trinajstić information content (AvgIpc) is 2.71. The molecule has 0 amide bonds. The number of halogens is 6. The number of aromatic nitrogens is 4. The predicted molar refractivity (Wildman–Crippen MR) is 95.0 cm³/mol. The normalized spacial score (nSPS) is 12.6. The van der Waals surface area contributed by atoms with Crippen LogP contribution in [-0.4, -0.2) is 31.0 Å². The van der Waals surface area contributed by atoms with Crippen molar-refractivity contribution in [2.75, 3.05) is 0 Å². The van der Waals surface area contributed by atoms with Gasteiger partial charge in [0.1, 0.15) is 6.33 Å². The number of nitrogens with zero attached hydrogens (tertiary/aromatic N) is 4. The number of hydrogen-bond acceptors (Lipinski definition) is 5. The Labute approximate surface area is 170 Å². The summed E-state index contributed by atoms with van der Waals surface area (Å²) < 4.78 is 78.5. The fraction of sp³-hybridized carbons (Fsp3) is 0.105. The Hall–Kier alpha value is -3.83. The van der Waals surface area contributed by atoms with Crippen LogP contribution in [0.2, 0.25) is 0 Å². The Morgan fingerprint density at radius 3 is 2.03 bits per heavy atom. The molecule has 160 valence electrons. The molecule has 0 fully saturated rings. The van der Waals surface area contributed by atoms with Crippen LogP contribution in [0.4, 0.5) is 26.3 Å². The number of carboxylic acids is 1. The lowest BCUT2D eigenvalue weighted by molar-refractivity contribution is -0.143. The van der Waals surface area contributed by atoms with Crippen molar-refractivity contribution in [2.45, 2.75) is 12.4 Å². The molecular formula is C19H10F6N4O2. The molecule has 0 aliphatic carbocycles. The minimum absolute atomic E-state index is 0.00874. The first-order chi connectivity index (χ1) is 14.4. The van der Waals surface area contributed by atoms with Crippen LogP contribution in [-0.2, 0) is 17.1 Å². The Balaban J connectivity index is 2.12. The number of benzene rings is 1. The quantitative estimate of drug-likeness (QED) is 0.471. The summed E-state index contributed by atoms with van der Waals surface area (Å²) in [5, 5.41) is 9.41. The molecule has 12 heteroatoms. The van der Waals surface area contributed by atoms with E-state index in [0.29, 0.717) is 12.1 Å². The third kappa shape index (κ3) is 5.21. The van der Waals surface area contributed by atoms with Gasteiger partial charge in [-0.1, -0.05) is 0 Å². The lowest BCUT2D eigenvalue weighted by Crippen LogP contribution is -2.11. The monoisotopic (exact) mass is 440 g/mol. The van der Waals surface area contributed by atoms with Crippen LogP contribution in [0.1, 0.15) is 22.4 Å². The molecular weight excluding hydrogens is 430 g/mol. The van der Waals surface area contributed by atoms with Crippen LogP contribution < -0.4 is 0 Å². The molecule has 1 aromatic carbocycles. The van der Waals surface area contributed by atoms with E-state index < -0.39 is 40.8 Å². The van der Waals surface area contributed by atoms with Crippen molar-refractivity contribution in [2.24, 2.45) is 0 Å². The summed E-state index contributed by atoms with van der Waals surface area (Å²) in [5.74, 6) is -1.81. The van der Waals surface area contributed by atoms with Crippen molar-refractivity contribution in [3.63, 3.8) is 0 Å². The first-order valence-corrected chi connectivity index (χ1v) is 8.28. The van der Waals surface area contributed by atoms with Gasteiger partial charge >= 0.3 is 18.3 Å². The second-order valence-electron chi connectivity index (χ2n) is 6.09. The molecule has 0 saturated carbocycles. The van der Waals surface area contributed by atoms with Crippen molar-refractivity contribution >= 4 is 17.6 Å². The molecule has 0 aliphatic rings. The first kappa shape index (κ1) is 21.9. The van der Waals surface area contributed by atoms with Crippen LogP contribution in [0.25, 0.3) is 23.0 Å². The van der Waals surface area contributed by atoms with Gasteiger partial charge in [0.15, 0.2) is 5.82 Å². The molecule has 0 radical (unpaired) electrons. The molecule has 0 atom stereocenters. The molecule has 6 nitrogen and oxygen atoms in total. The van der Waals surface area contributed by atoms with Crippen molar-refractivity contribution in [1.29, 1.82) is 0 Å². The summed E-state index contributed by atoms with van der Waals surface area (Å²) in [6.45, 7) is 0. The fourth-order valence-corrected chi connectivity index (χ4v) is 2.53. The van der Waals surface area contributed by atoms with Crippen LogP contribution in [0, 0.1) is 0 Å². The third-order valence-electron chi connectivity index (χ3n) is 3.92. The van der Waals surface area contributed by atoms with E-state index in [9.17, 15) is 36.2 Å². The number of aliphatic carboxylic acids is 1. The fourth-order valence-electron chi connectivity index (χ4n) is 2.53. The van der Waals surface area contributed by atoms with E-state index in [1.165, 1.54) is 24.8 Å². The second-order valence-corrected chi connectivity index (χ2v) is 6.09. The first-order valence-electron chi connectivity index (χ1n) is 8.28. The molecule has 0 aliphatic heterocycles. The largest absolute Gasteiger partial charge is 0.478 e. The summed E-state index contributed by atoms with van der Waals surface area (Å²) in [4.78, 5) is 26.6. The van der Waals surface area contributed by atoms with Crippen LogP contribution in [0.3, 0.4) is 0 Å². The smallest absolute Gasteiger partial charge is 0.416 e. The van der Waals surface area contributed by atoms with Gasteiger partial charge in [-0.2, -0.15) is 26.3 Å². The van der Waals surface area contributed by atoms with Gasteiger partial charge in [-0.25, -0.2) is 24.7 Å². The summed E-state index contributed by atoms with van der Waals surface area (Å²) in [6, 6.07) is 2.21. The number of hydrogen-bond donors (Lipinski definition) is 1. The SMILES string of the molecule is O=C(O)C(=Cc1ccnc(-c2cc(C(F)(F)F)cc(C(F)(F)F)c2)n1)c1cncnc1. The number of carbonyl (C=O) groups is 1. The maximum absolute atomic E-state index is 13.1. The molecule has 0 saturated heterocycles. The van der Waals surface area contributed by atoms with Gasteiger partial charge in [0.2, 0.25) is 0 Å². The highest BCUT2D eigenvalue weighted by Gasteiger charge is 2.37. The van der Waals surface area contributed by atoms with Gasteiger partial charge in [0.25, 0.3) is 0 Å². The Morgan fingerprint density at radius 1 is 0.935 bits per heavy atom. The molecule has 2 heterocycles. The van der Waals surface area contributed by atoms with Gasteiger partial charge in [-0.15, -0.1) is 0 Å². The maximum Gasteiger partial charge on any atom is 0.416 e. The number of carboxylic acid groups (broad SMARTS) is 1. The number of rotatable bonds is 4. The zero-order chi connectivity index (χ0) is 22.8. The van der Waals surface area contributed by atoms with Gasteiger partial charge in [0, 0.05) is 29.7 Å². The van der Waals surface area contributed by atoms with E-state index >= 15 is 0 Å². The van der Waals surface area contributed by atoms with Gasteiger partial charge in [-0.05, 0) is 30.3 Å². The van der Waals surface area contributed by atoms with Crippen molar-refractivity contribution in [3.8, 4) is 11.4 Å². The van der Waals surface area contributed by atoms with Crippen molar-refractivity contribution < 1.29 is 36.2 Å². The second kappa shape index (κ2) is 8.13. The minimum atomic E-state index is -5.03. The average molecular weight is 440 g/mol. The minimum Gasteiger partial charge on any atom is -0.478 e. The molecule has 3 rings (SSSR count). The van der Waals surface area contributed by atoms with E-state index in [4.69, 9.17) is 0 Å². The lowest BCUT2D eigenvalue weighted by Gasteiger charge is -2.13. The summed E-state index contributed by atoms with van der Waals surface area (Å²) in [7, 11) is 0. The van der Waals surface area contributed by atoms with E-state index in [2.05, 4.69) is 19.9 Å². The molecule has 2 aromatic heterocycles. The zero-order valence-corrected chi connectivity index (χ0v) is 15.1.